The molecule has 0 atom stereocenters. The van der Waals surface area contributed by atoms with Gasteiger partial charge in [0.15, 0.2) is 16.7 Å². The van der Waals surface area contributed by atoms with Crippen molar-refractivity contribution in [1.82, 2.24) is 9.55 Å². The molecule has 1 N–H and O–H groups in total. The number of carbonyl (C=O) groups is 1. The molecule has 29 heavy (non-hydrogen) atoms. The lowest BCUT2D eigenvalue weighted by atomic mass is 9.94. The molecule has 0 bridgehead atoms. The van der Waals surface area contributed by atoms with Crippen LogP contribution in [-0.4, -0.2) is 27.0 Å². The van der Waals surface area contributed by atoms with E-state index in [9.17, 15) is 4.79 Å². The van der Waals surface area contributed by atoms with E-state index in [0.717, 1.165) is 53.3 Å². The number of hydrogen-bond donors (Lipinski definition) is 1. The van der Waals surface area contributed by atoms with Crippen LogP contribution in [0.2, 0.25) is 0 Å². The second kappa shape index (κ2) is 7.30. The van der Waals surface area contributed by atoms with Crippen LogP contribution in [0.1, 0.15) is 32.1 Å². The zero-order chi connectivity index (χ0) is 19.8. The molecule has 2 heterocycles. The number of amides is 1. The van der Waals surface area contributed by atoms with Crippen LogP contribution in [0.25, 0.3) is 11.0 Å². The first-order chi connectivity index (χ1) is 14.1. The Morgan fingerprint density at radius 3 is 2.76 bits per heavy atom. The highest BCUT2D eigenvalue weighted by Crippen LogP contribution is 2.46. The van der Waals surface area contributed by atoms with Gasteiger partial charge in [0.2, 0.25) is 5.91 Å². The Balaban J connectivity index is 1.23. The summed E-state index contributed by atoms with van der Waals surface area (Å²) in [5.74, 6) is 1.19. The fourth-order valence-corrected chi connectivity index (χ4v) is 4.83. The average Bonchev–Trinajstić information content (AvgIpc) is 3.24. The number of aryl methyl sites for hydroxylation is 1. The maximum Gasteiger partial charge on any atom is 0.251 e. The smallest absolute Gasteiger partial charge is 0.251 e. The van der Waals surface area contributed by atoms with Gasteiger partial charge in [0, 0.05) is 31.6 Å². The molecule has 7 heteroatoms. The SMILES string of the molecule is Cn1c(SCC(=O)Nc2ccc3c(c2)OC2(CCCCC2)O3)nc2ccccc21. The summed E-state index contributed by atoms with van der Waals surface area (Å²) in [5.41, 5.74) is 2.71. The van der Waals surface area contributed by atoms with Crippen molar-refractivity contribution in [3.05, 3.63) is 42.5 Å². The summed E-state index contributed by atoms with van der Waals surface area (Å²) in [5, 5.41) is 3.78. The molecule has 1 saturated carbocycles. The van der Waals surface area contributed by atoms with Gasteiger partial charge >= 0.3 is 0 Å². The van der Waals surface area contributed by atoms with Gasteiger partial charge in [0.05, 0.1) is 16.8 Å². The zero-order valence-electron chi connectivity index (χ0n) is 16.3. The molecule has 0 radical (unpaired) electrons. The van der Waals surface area contributed by atoms with Gasteiger partial charge in [-0.1, -0.05) is 30.3 Å². The van der Waals surface area contributed by atoms with Crippen molar-refractivity contribution in [3.63, 3.8) is 0 Å². The van der Waals surface area contributed by atoms with Crippen molar-refractivity contribution < 1.29 is 14.3 Å². The van der Waals surface area contributed by atoms with E-state index in [1.807, 2.05) is 54.1 Å². The van der Waals surface area contributed by atoms with Gasteiger partial charge < -0.3 is 19.4 Å². The number of benzene rings is 2. The molecule has 2 aromatic carbocycles. The van der Waals surface area contributed by atoms with E-state index in [4.69, 9.17) is 9.47 Å². The lowest BCUT2D eigenvalue weighted by Crippen LogP contribution is -2.40. The number of ether oxygens (including phenoxy) is 2. The van der Waals surface area contributed by atoms with E-state index in [2.05, 4.69) is 10.3 Å². The Bertz CT molecular complexity index is 1070. The summed E-state index contributed by atoms with van der Waals surface area (Å²) >= 11 is 1.43. The highest BCUT2D eigenvalue weighted by molar-refractivity contribution is 7.99. The second-order valence-corrected chi connectivity index (χ2v) is 8.56. The minimum atomic E-state index is -0.501. The molecule has 2 aliphatic rings. The third-order valence-electron chi connectivity index (χ3n) is 5.51. The number of imidazole rings is 1. The van der Waals surface area contributed by atoms with Gasteiger partial charge in [-0.15, -0.1) is 0 Å². The molecule has 3 aromatic rings. The van der Waals surface area contributed by atoms with Crippen LogP contribution in [0.3, 0.4) is 0 Å². The molecule has 1 fully saturated rings. The van der Waals surface area contributed by atoms with Gasteiger partial charge in [0.1, 0.15) is 0 Å². The van der Waals surface area contributed by atoms with E-state index in [0.29, 0.717) is 5.75 Å². The van der Waals surface area contributed by atoms with Gasteiger partial charge in [-0.2, -0.15) is 0 Å². The van der Waals surface area contributed by atoms with Crippen molar-refractivity contribution in [1.29, 1.82) is 0 Å². The monoisotopic (exact) mass is 409 g/mol. The molecular formula is C22H23N3O3S. The summed E-state index contributed by atoms with van der Waals surface area (Å²) in [6.45, 7) is 0. The molecule has 6 nitrogen and oxygen atoms in total. The molecule has 0 unspecified atom stereocenters. The Kier molecular flexibility index (Phi) is 4.62. The predicted octanol–water partition coefficient (Wildman–Crippen LogP) is 4.74. The van der Waals surface area contributed by atoms with E-state index in [-0.39, 0.29) is 11.7 Å². The first-order valence-electron chi connectivity index (χ1n) is 9.98. The largest absolute Gasteiger partial charge is 0.448 e. The quantitative estimate of drug-likeness (QED) is 0.631. The fourth-order valence-electron chi connectivity index (χ4n) is 4.05. The average molecular weight is 410 g/mol. The van der Waals surface area contributed by atoms with Crippen LogP contribution in [0, 0.1) is 0 Å². The summed E-state index contributed by atoms with van der Waals surface area (Å²) in [6, 6.07) is 13.6. The van der Waals surface area contributed by atoms with Crippen LogP contribution < -0.4 is 14.8 Å². The van der Waals surface area contributed by atoms with E-state index in [1.54, 1.807) is 0 Å². The van der Waals surface area contributed by atoms with E-state index in [1.165, 1.54) is 18.2 Å². The standard InChI is InChI=1S/C22H23N3O3S/c1-25-17-8-4-3-7-16(17)24-21(25)29-14-20(26)23-15-9-10-18-19(13-15)28-22(27-18)11-5-2-6-12-22/h3-4,7-10,13H,2,5-6,11-12,14H2,1H3,(H,23,26). The number of anilines is 1. The van der Waals surface area contributed by atoms with Gasteiger partial charge in [-0.25, -0.2) is 4.98 Å². The molecular weight excluding hydrogens is 386 g/mol. The Morgan fingerprint density at radius 1 is 1.14 bits per heavy atom. The van der Waals surface area contributed by atoms with Gasteiger partial charge in [0.25, 0.3) is 5.79 Å². The molecule has 1 spiro atoms. The number of para-hydroxylation sites is 2. The number of rotatable bonds is 4. The van der Waals surface area contributed by atoms with Crippen molar-refractivity contribution in [2.24, 2.45) is 7.05 Å². The number of aromatic nitrogens is 2. The molecule has 5 rings (SSSR count). The highest BCUT2D eigenvalue weighted by atomic mass is 32.2. The van der Waals surface area contributed by atoms with Crippen LogP contribution in [-0.2, 0) is 11.8 Å². The third kappa shape index (κ3) is 3.55. The van der Waals surface area contributed by atoms with Crippen LogP contribution >= 0.6 is 11.8 Å². The Morgan fingerprint density at radius 2 is 1.93 bits per heavy atom. The van der Waals surface area contributed by atoms with Crippen molar-refractivity contribution in [2.75, 3.05) is 11.1 Å². The number of nitrogens with one attached hydrogen (secondary N) is 1. The molecule has 1 aromatic heterocycles. The third-order valence-corrected chi connectivity index (χ3v) is 6.54. The Labute approximate surface area is 173 Å². The van der Waals surface area contributed by atoms with E-state index >= 15 is 0 Å². The maximum atomic E-state index is 12.5. The second-order valence-electron chi connectivity index (χ2n) is 7.62. The normalized spacial score (nSPS) is 17.0. The molecule has 0 saturated heterocycles. The number of carbonyl (C=O) groups excluding carboxylic acids is 1. The zero-order valence-corrected chi connectivity index (χ0v) is 17.1. The summed E-state index contributed by atoms with van der Waals surface area (Å²) in [6.07, 6.45) is 5.30. The van der Waals surface area contributed by atoms with Crippen LogP contribution in [0.15, 0.2) is 47.6 Å². The molecule has 1 aliphatic carbocycles. The lowest BCUT2D eigenvalue weighted by molar-refractivity contribution is -0.113. The topological polar surface area (TPSA) is 65.4 Å². The number of thioether (sulfide) groups is 1. The minimum Gasteiger partial charge on any atom is -0.448 e. The van der Waals surface area contributed by atoms with Crippen LogP contribution in [0.4, 0.5) is 5.69 Å². The van der Waals surface area contributed by atoms with Crippen molar-refractivity contribution >= 4 is 34.4 Å². The van der Waals surface area contributed by atoms with Crippen LogP contribution in [0.5, 0.6) is 11.5 Å². The highest BCUT2D eigenvalue weighted by Gasteiger charge is 2.42. The fraction of sp³-hybridized carbons (Fsp3) is 0.364. The van der Waals surface area contributed by atoms with E-state index < -0.39 is 5.79 Å². The summed E-state index contributed by atoms with van der Waals surface area (Å²) in [7, 11) is 1.97. The molecule has 1 aliphatic heterocycles. The van der Waals surface area contributed by atoms with Crippen molar-refractivity contribution in [2.45, 2.75) is 43.0 Å². The van der Waals surface area contributed by atoms with Gasteiger partial charge in [-0.3, -0.25) is 4.79 Å². The number of hydrogen-bond acceptors (Lipinski definition) is 5. The minimum absolute atomic E-state index is 0.0756. The Hall–Kier alpha value is -2.67. The molecule has 150 valence electrons. The number of nitrogens with zero attached hydrogens (tertiary/aromatic N) is 2. The number of fused-ring (bicyclic) bond motifs is 2. The lowest BCUT2D eigenvalue weighted by Gasteiger charge is -2.31. The molecule has 1 amide bonds. The van der Waals surface area contributed by atoms with Crippen molar-refractivity contribution in [3.8, 4) is 11.5 Å². The maximum absolute atomic E-state index is 12.5. The first kappa shape index (κ1) is 18.4. The predicted molar refractivity (Wildman–Crippen MR) is 114 cm³/mol. The summed E-state index contributed by atoms with van der Waals surface area (Å²) in [4.78, 5) is 17.1. The summed E-state index contributed by atoms with van der Waals surface area (Å²) < 4.78 is 14.2. The van der Waals surface area contributed by atoms with Gasteiger partial charge in [-0.05, 0) is 37.1 Å². The first-order valence-corrected chi connectivity index (χ1v) is 11.0.